The minimum Gasteiger partial charge on any atom is -0.311 e. The molecule has 2 aromatic rings. The Morgan fingerprint density at radius 2 is 2.16 bits per heavy atom. The molecule has 0 aromatic carbocycles. The van der Waals surface area contributed by atoms with Gasteiger partial charge in [0.1, 0.15) is 11.3 Å². The Morgan fingerprint density at radius 3 is 2.79 bits per heavy atom. The van der Waals surface area contributed by atoms with Gasteiger partial charge in [0.05, 0.1) is 10.9 Å². The van der Waals surface area contributed by atoms with Gasteiger partial charge < -0.3 is 4.57 Å². The molecule has 0 amide bonds. The molecule has 2 saturated carbocycles. The average molecular weight is 296 g/mol. The summed E-state index contributed by atoms with van der Waals surface area (Å²) in [4.78, 5) is 9.02. The smallest absolute Gasteiger partial charge is 0.160 e. The molecule has 0 N–H and O–H groups in total. The van der Waals surface area contributed by atoms with Crippen LogP contribution in [0.5, 0.6) is 0 Å². The first-order valence-corrected chi connectivity index (χ1v) is 7.70. The van der Waals surface area contributed by atoms with Crippen molar-refractivity contribution in [3.05, 3.63) is 23.1 Å². The topological polar surface area (TPSA) is 30.7 Å². The predicted molar refractivity (Wildman–Crippen MR) is 76.5 cm³/mol. The Balaban J connectivity index is 1.78. The second kappa shape index (κ2) is 4.10. The Kier molecular flexibility index (Phi) is 2.58. The summed E-state index contributed by atoms with van der Waals surface area (Å²) in [5, 5.41) is 0.626. The molecule has 0 bridgehead atoms. The summed E-state index contributed by atoms with van der Waals surface area (Å²) < 4.78 is 2.21. The van der Waals surface area contributed by atoms with Crippen LogP contribution in [0.3, 0.4) is 0 Å². The minimum absolute atomic E-state index is 0.425. The average Bonchev–Trinajstić information content (AvgIpc) is 3.27. The molecule has 100 valence electrons. The highest BCUT2D eigenvalue weighted by molar-refractivity contribution is 6.31. The number of aromatic nitrogens is 3. The molecule has 2 aliphatic rings. The maximum Gasteiger partial charge on any atom is 0.160 e. The second-order valence-electron chi connectivity index (χ2n) is 5.88. The van der Waals surface area contributed by atoms with Crippen LogP contribution < -0.4 is 0 Å². The van der Waals surface area contributed by atoms with Crippen LogP contribution in [-0.4, -0.2) is 14.5 Å². The fraction of sp³-hybridized carbons (Fsp3) is 0.571. The normalized spacial score (nSPS) is 20.9. The SMILES string of the molecule is ClCc1nc2cc(Cl)cnc2n1CC1(C2CC2)CC1. The minimum atomic E-state index is 0.425. The molecule has 0 unspecified atom stereocenters. The maximum absolute atomic E-state index is 6.04. The van der Waals surface area contributed by atoms with Crippen molar-refractivity contribution in [3.63, 3.8) is 0 Å². The third-order valence-electron chi connectivity index (χ3n) is 4.56. The maximum atomic E-state index is 6.04. The number of fused-ring (bicyclic) bond motifs is 1. The summed E-state index contributed by atoms with van der Waals surface area (Å²) in [6, 6.07) is 1.87. The number of rotatable bonds is 4. The third-order valence-corrected chi connectivity index (χ3v) is 5.00. The summed E-state index contributed by atoms with van der Waals surface area (Å²) in [5.74, 6) is 2.26. The number of imidazole rings is 1. The Morgan fingerprint density at radius 1 is 1.37 bits per heavy atom. The van der Waals surface area contributed by atoms with Gasteiger partial charge in [-0.15, -0.1) is 11.6 Å². The molecule has 0 saturated heterocycles. The first kappa shape index (κ1) is 12.0. The largest absolute Gasteiger partial charge is 0.311 e. The van der Waals surface area contributed by atoms with Gasteiger partial charge in [-0.25, -0.2) is 9.97 Å². The molecular weight excluding hydrogens is 281 g/mol. The van der Waals surface area contributed by atoms with Crippen molar-refractivity contribution < 1.29 is 0 Å². The molecule has 2 aromatic heterocycles. The van der Waals surface area contributed by atoms with Gasteiger partial charge in [0, 0.05) is 12.7 Å². The number of alkyl halides is 1. The van der Waals surface area contributed by atoms with Crippen LogP contribution in [-0.2, 0) is 12.4 Å². The molecule has 19 heavy (non-hydrogen) atoms. The number of hydrogen-bond donors (Lipinski definition) is 0. The second-order valence-corrected chi connectivity index (χ2v) is 6.58. The van der Waals surface area contributed by atoms with Gasteiger partial charge in [-0.3, -0.25) is 0 Å². The first-order valence-electron chi connectivity index (χ1n) is 6.78. The van der Waals surface area contributed by atoms with Crippen molar-refractivity contribution in [1.82, 2.24) is 14.5 Å². The van der Waals surface area contributed by atoms with Crippen LogP contribution in [0.25, 0.3) is 11.2 Å². The number of halogens is 2. The molecule has 3 nitrogen and oxygen atoms in total. The lowest BCUT2D eigenvalue weighted by molar-refractivity contribution is 0.370. The lowest BCUT2D eigenvalue weighted by Crippen LogP contribution is -2.16. The van der Waals surface area contributed by atoms with Crippen molar-refractivity contribution in [1.29, 1.82) is 0 Å². The number of pyridine rings is 1. The quantitative estimate of drug-likeness (QED) is 0.798. The zero-order valence-electron chi connectivity index (χ0n) is 10.6. The fourth-order valence-electron chi connectivity index (χ4n) is 3.17. The van der Waals surface area contributed by atoms with E-state index in [0.717, 1.165) is 29.5 Å². The van der Waals surface area contributed by atoms with E-state index >= 15 is 0 Å². The van der Waals surface area contributed by atoms with E-state index in [1.54, 1.807) is 6.20 Å². The van der Waals surface area contributed by atoms with Gasteiger partial charge in [-0.05, 0) is 43.1 Å². The predicted octanol–water partition coefficient (Wildman–Crippen LogP) is 4.01. The van der Waals surface area contributed by atoms with Crippen molar-refractivity contribution in [3.8, 4) is 0 Å². The van der Waals surface area contributed by atoms with E-state index < -0.39 is 0 Å². The zero-order chi connectivity index (χ0) is 13.0. The standard InChI is InChI=1S/C14H15Cl2N3/c15-6-12-18-11-5-10(16)7-17-13(11)19(12)8-14(3-4-14)9-1-2-9/h5,7,9H,1-4,6,8H2. The van der Waals surface area contributed by atoms with Gasteiger partial charge in [0.25, 0.3) is 0 Å². The summed E-state index contributed by atoms with van der Waals surface area (Å²) >= 11 is 12.0. The monoisotopic (exact) mass is 295 g/mol. The molecule has 2 heterocycles. The van der Waals surface area contributed by atoms with E-state index in [0.29, 0.717) is 16.3 Å². The van der Waals surface area contributed by atoms with Crippen LogP contribution in [0.2, 0.25) is 5.02 Å². The van der Waals surface area contributed by atoms with Crippen molar-refractivity contribution in [2.75, 3.05) is 0 Å². The molecule has 0 radical (unpaired) electrons. The highest BCUT2D eigenvalue weighted by atomic mass is 35.5. The van der Waals surface area contributed by atoms with Gasteiger partial charge >= 0.3 is 0 Å². The van der Waals surface area contributed by atoms with Crippen LogP contribution in [0.4, 0.5) is 0 Å². The van der Waals surface area contributed by atoms with Crippen LogP contribution in [0, 0.1) is 11.3 Å². The van der Waals surface area contributed by atoms with Gasteiger partial charge in [-0.2, -0.15) is 0 Å². The Hall–Kier alpha value is -0.800. The fourth-order valence-corrected chi connectivity index (χ4v) is 3.52. The molecule has 0 atom stereocenters. The molecule has 4 rings (SSSR count). The molecule has 0 spiro atoms. The third kappa shape index (κ3) is 1.95. The van der Waals surface area contributed by atoms with Gasteiger partial charge in [0.2, 0.25) is 0 Å². The summed E-state index contributed by atoms with van der Waals surface area (Å²) in [5.41, 5.74) is 2.29. The van der Waals surface area contributed by atoms with Crippen LogP contribution in [0.1, 0.15) is 31.5 Å². The van der Waals surface area contributed by atoms with E-state index in [2.05, 4.69) is 14.5 Å². The summed E-state index contributed by atoms with van der Waals surface area (Å²) in [6.07, 6.45) is 7.15. The van der Waals surface area contributed by atoms with E-state index in [1.807, 2.05) is 6.07 Å². The zero-order valence-corrected chi connectivity index (χ0v) is 12.1. The Labute approximate surface area is 121 Å². The van der Waals surface area contributed by atoms with E-state index in [1.165, 1.54) is 25.7 Å². The highest BCUT2D eigenvalue weighted by Crippen LogP contribution is 2.62. The molecule has 2 fully saturated rings. The number of hydrogen-bond acceptors (Lipinski definition) is 2. The van der Waals surface area contributed by atoms with Gasteiger partial charge in [-0.1, -0.05) is 11.6 Å². The van der Waals surface area contributed by atoms with E-state index in [9.17, 15) is 0 Å². The lowest BCUT2D eigenvalue weighted by Gasteiger charge is -2.16. The summed E-state index contributed by atoms with van der Waals surface area (Å²) in [6.45, 7) is 1.02. The van der Waals surface area contributed by atoms with Crippen molar-refractivity contribution in [2.45, 2.75) is 38.1 Å². The first-order chi connectivity index (χ1) is 9.22. The van der Waals surface area contributed by atoms with Crippen LogP contribution in [0.15, 0.2) is 12.3 Å². The van der Waals surface area contributed by atoms with Crippen LogP contribution >= 0.6 is 23.2 Å². The van der Waals surface area contributed by atoms with Gasteiger partial charge in [0.15, 0.2) is 5.65 Å². The lowest BCUT2D eigenvalue weighted by atomic mass is 10.0. The highest BCUT2D eigenvalue weighted by Gasteiger charge is 2.54. The van der Waals surface area contributed by atoms with E-state index in [-0.39, 0.29) is 0 Å². The molecular formula is C14H15Cl2N3. The Bertz CT molecular complexity index is 641. The molecule has 5 heteroatoms. The molecule has 0 aliphatic heterocycles. The number of nitrogens with zero attached hydrogens (tertiary/aromatic N) is 3. The van der Waals surface area contributed by atoms with Crippen molar-refractivity contribution >= 4 is 34.4 Å². The van der Waals surface area contributed by atoms with E-state index in [4.69, 9.17) is 23.2 Å². The molecule has 2 aliphatic carbocycles. The van der Waals surface area contributed by atoms with Crippen molar-refractivity contribution in [2.24, 2.45) is 11.3 Å². The summed E-state index contributed by atoms with van der Waals surface area (Å²) in [7, 11) is 0.